The number of carbonyl (C=O) groups is 1. The van der Waals surface area contributed by atoms with Crippen LogP contribution in [-0.2, 0) is 6.54 Å². The Bertz CT molecular complexity index is 991. The van der Waals surface area contributed by atoms with E-state index in [-0.39, 0.29) is 5.91 Å². The zero-order valence-corrected chi connectivity index (χ0v) is 14.9. The molecule has 0 fully saturated rings. The number of carbonyl (C=O) groups excluding carboxylic acids is 1. The van der Waals surface area contributed by atoms with Gasteiger partial charge in [0.2, 0.25) is 0 Å². The third-order valence-corrected chi connectivity index (χ3v) is 4.51. The number of hydrogen-bond acceptors (Lipinski definition) is 1. The van der Waals surface area contributed by atoms with Gasteiger partial charge in [-0.1, -0.05) is 48.5 Å². The number of para-hydroxylation sites is 1. The molecule has 1 amide bonds. The maximum Gasteiger partial charge on any atom is 0.258 e. The molecule has 4 rings (SSSR count). The Balaban J connectivity index is 1.64. The molecule has 0 aliphatic carbocycles. The minimum atomic E-state index is -0.0101. The fourth-order valence-corrected chi connectivity index (χ4v) is 3.09. The highest BCUT2D eigenvalue weighted by atomic mass is 16.2. The van der Waals surface area contributed by atoms with Crippen LogP contribution in [0.5, 0.6) is 0 Å². The van der Waals surface area contributed by atoms with Crippen LogP contribution < -0.4 is 4.90 Å². The van der Waals surface area contributed by atoms with E-state index in [2.05, 4.69) is 0 Å². The fourth-order valence-electron chi connectivity index (χ4n) is 3.09. The number of rotatable bonds is 5. The minimum Gasteiger partial charge on any atom is -0.324 e. The van der Waals surface area contributed by atoms with E-state index in [1.807, 2.05) is 119 Å². The molecule has 0 saturated carbocycles. The Hall–Kier alpha value is -3.59. The molecule has 1 aromatic heterocycles. The summed E-state index contributed by atoms with van der Waals surface area (Å²) in [5.41, 5.74) is 3.69. The molecular formula is C24H20N2O. The monoisotopic (exact) mass is 352 g/mol. The third kappa shape index (κ3) is 3.82. The smallest absolute Gasteiger partial charge is 0.258 e. The fraction of sp³-hybridized carbons (Fsp3) is 0.0417. The van der Waals surface area contributed by atoms with Crippen LogP contribution in [0.25, 0.3) is 5.69 Å². The van der Waals surface area contributed by atoms with Gasteiger partial charge in [-0.2, -0.15) is 0 Å². The van der Waals surface area contributed by atoms with E-state index in [0.29, 0.717) is 12.1 Å². The summed E-state index contributed by atoms with van der Waals surface area (Å²) in [6.07, 6.45) is 3.98. The van der Waals surface area contributed by atoms with Crippen LogP contribution in [0, 0.1) is 0 Å². The molecule has 0 saturated heterocycles. The lowest BCUT2D eigenvalue weighted by Crippen LogP contribution is -2.30. The van der Waals surface area contributed by atoms with Crippen molar-refractivity contribution in [3.05, 3.63) is 121 Å². The van der Waals surface area contributed by atoms with E-state index < -0.39 is 0 Å². The Morgan fingerprint density at radius 3 is 1.93 bits per heavy atom. The molecule has 4 aromatic rings. The Morgan fingerprint density at radius 1 is 0.704 bits per heavy atom. The van der Waals surface area contributed by atoms with E-state index >= 15 is 0 Å². The molecule has 3 nitrogen and oxygen atoms in total. The van der Waals surface area contributed by atoms with Gasteiger partial charge in [0.05, 0.1) is 6.54 Å². The van der Waals surface area contributed by atoms with Gasteiger partial charge in [0.15, 0.2) is 0 Å². The number of benzene rings is 3. The van der Waals surface area contributed by atoms with E-state index in [9.17, 15) is 4.79 Å². The summed E-state index contributed by atoms with van der Waals surface area (Å²) in [7, 11) is 0. The van der Waals surface area contributed by atoms with Crippen molar-refractivity contribution in [1.29, 1.82) is 0 Å². The Labute approximate surface area is 159 Å². The van der Waals surface area contributed by atoms with Gasteiger partial charge in [-0.05, 0) is 54.1 Å². The van der Waals surface area contributed by atoms with Crippen molar-refractivity contribution in [2.24, 2.45) is 0 Å². The van der Waals surface area contributed by atoms with Crippen molar-refractivity contribution in [2.75, 3.05) is 4.90 Å². The van der Waals surface area contributed by atoms with Gasteiger partial charge in [0.25, 0.3) is 5.91 Å². The molecule has 1 heterocycles. The lowest BCUT2D eigenvalue weighted by atomic mass is 10.1. The first-order chi connectivity index (χ1) is 13.3. The maximum absolute atomic E-state index is 13.3. The van der Waals surface area contributed by atoms with Crippen molar-refractivity contribution < 1.29 is 4.79 Å². The van der Waals surface area contributed by atoms with Crippen molar-refractivity contribution in [3.8, 4) is 5.69 Å². The summed E-state index contributed by atoms with van der Waals surface area (Å²) >= 11 is 0. The number of hydrogen-bond donors (Lipinski definition) is 0. The molecule has 3 heteroatoms. The zero-order valence-electron chi connectivity index (χ0n) is 14.9. The highest BCUT2D eigenvalue weighted by Gasteiger charge is 2.18. The quantitative estimate of drug-likeness (QED) is 0.477. The summed E-state index contributed by atoms with van der Waals surface area (Å²) in [4.78, 5) is 15.1. The van der Waals surface area contributed by atoms with Gasteiger partial charge < -0.3 is 9.47 Å². The molecule has 0 atom stereocenters. The first-order valence-corrected chi connectivity index (χ1v) is 8.95. The Kier molecular flexibility index (Phi) is 4.84. The topological polar surface area (TPSA) is 25.2 Å². The third-order valence-electron chi connectivity index (χ3n) is 4.51. The highest BCUT2D eigenvalue weighted by Crippen LogP contribution is 2.21. The summed E-state index contributed by atoms with van der Waals surface area (Å²) < 4.78 is 2.02. The Morgan fingerprint density at radius 2 is 1.30 bits per heavy atom. The zero-order chi connectivity index (χ0) is 18.5. The number of nitrogens with zero attached hydrogens (tertiary/aromatic N) is 2. The minimum absolute atomic E-state index is 0.0101. The first-order valence-electron chi connectivity index (χ1n) is 8.95. The van der Waals surface area contributed by atoms with Crippen LogP contribution in [-0.4, -0.2) is 10.5 Å². The lowest BCUT2D eigenvalue weighted by molar-refractivity contribution is 0.0985. The largest absolute Gasteiger partial charge is 0.324 e. The van der Waals surface area contributed by atoms with Gasteiger partial charge in [0.1, 0.15) is 0 Å². The van der Waals surface area contributed by atoms with E-state index in [0.717, 1.165) is 16.9 Å². The molecule has 27 heavy (non-hydrogen) atoms. The van der Waals surface area contributed by atoms with Crippen LogP contribution in [0.4, 0.5) is 5.69 Å². The van der Waals surface area contributed by atoms with E-state index in [1.165, 1.54) is 0 Å². The van der Waals surface area contributed by atoms with Gasteiger partial charge in [-0.15, -0.1) is 0 Å². The van der Waals surface area contributed by atoms with Crippen molar-refractivity contribution in [2.45, 2.75) is 6.54 Å². The number of aromatic nitrogens is 1. The summed E-state index contributed by atoms with van der Waals surface area (Å²) in [5.74, 6) is -0.0101. The van der Waals surface area contributed by atoms with Crippen LogP contribution in [0.3, 0.4) is 0 Å². The predicted octanol–water partition coefficient (Wildman–Crippen LogP) is 5.32. The average molecular weight is 352 g/mol. The normalized spacial score (nSPS) is 10.5. The van der Waals surface area contributed by atoms with Crippen molar-refractivity contribution >= 4 is 11.6 Å². The van der Waals surface area contributed by atoms with Crippen molar-refractivity contribution in [1.82, 2.24) is 4.57 Å². The van der Waals surface area contributed by atoms with Gasteiger partial charge in [-0.3, -0.25) is 4.79 Å². The van der Waals surface area contributed by atoms with E-state index in [1.54, 1.807) is 0 Å². The second-order valence-electron chi connectivity index (χ2n) is 6.35. The molecule has 0 bridgehead atoms. The first kappa shape index (κ1) is 16.9. The van der Waals surface area contributed by atoms with Gasteiger partial charge in [-0.25, -0.2) is 0 Å². The second-order valence-corrected chi connectivity index (χ2v) is 6.35. The standard InChI is InChI=1S/C24H20N2O/c27-24(21-13-15-22(16-14-21)25-17-7-8-18-25)26(23-11-5-2-6-12-23)19-20-9-3-1-4-10-20/h1-18H,19H2. The van der Waals surface area contributed by atoms with Crippen molar-refractivity contribution in [3.63, 3.8) is 0 Å². The van der Waals surface area contributed by atoms with Gasteiger partial charge in [0, 0.05) is 29.3 Å². The van der Waals surface area contributed by atoms with Crippen LogP contribution in [0.2, 0.25) is 0 Å². The van der Waals surface area contributed by atoms with E-state index in [4.69, 9.17) is 0 Å². The highest BCUT2D eigenvalue weighted by molar-refractivity contribution is 6.06. The van der Waals surface area contributed by atoms with Gasteiger partial charge >= 0.3 is 0 Å². The molecule has 0 radical (unpaired) electrons. The molecule has 0 spiro atoms. The summed E-state index contributed by atoms with van der Waals surface area (Å²) in [5, 5.41) is 0. The molecule has 0 aliphatic heterocycles. The molecule has 132 valence electrons. The van der Waals surface area contributed by atoms with Crippen LogP contribution >= 0.6 is 0 Å². The molecular weight excluding hydrogens is 332 g/mol. The number of anilines is 1. The maximum atomic E-state index is 13.3. The van der Waals surface area contributed by atoms with Crippen LogP contribution in [0.1, 0.15) is 15.9 Å². The summed E-state index contributed by atoms with van der Waals surface area (Å²) in [6, 6.07) is 31.5. The lowest BCUT2D eigenvalue weighted by Gasteiger charge is -2.23. The van der Waals surface area contributed by atoms with Crippen LogP contribution in [0.15, 0.2) is 109 Å². The molecule has 0 N–H and O–H groups in total. The average Bonchev–Trinajstić information content (AvgIpc) is 3.28. The molecule has 0 unspecified atom stereocenters. The summed E-state index contributed by atoms with van der Waals surface area (Å²) in [6.45, 7) is 0.531. The number of amides is 1. The molecule has 0 aliphatic rings. The predicted molar refractivity (Wildman–Crippen MR) is 109 cm³/mol. The second kappa shape index (κ2) is 7.75. The molecule has 3 aromatic carbocycles. The SMILES string of the molecule is O=C(c1ccc(-n2cccc2)cc1)N(Cc1ccccc1)c1ccccc1.